The molecule has 0 spiro atoms. The third-order valence-corrected chi connectivity index (χ3v) is 3.83. The van der Waals surface area contributed by atoms with Crippen molar-refractivity contribution in [1.82, 2.24) is 4.98 Å². The van der Waals surface area contributed by atoms with E-state index in [1.807, 2.05) is 26.2 Å². The summed E-state index contributed by atoms with van der Waals surface area (Å²) in [5.74, 6) is 0.999. The van der Waals surface area contributed by atoms with Gasteiger partial charge < -0.3 is 10.1 Å². The number of rotatable bonds is 7. The first kappa shape index (κ1) is 17.5. The minimum Gasteiger partial charge on any atom is -0.491 e. The van der Waals surface area contributed by atoms with Gasteiger partial charge in [0.05, 0.1) is 6.10 Å². The number of benzene rings is 1. The van der Waals surface area contributed by atoms with Crippen LogP contribution in [-0.2, 0) is 0 Å². The highest BCUT2D eigenvalue weighted by molar-refractivity contribution is 7.98. The molecule has 0 amide bonds. The fourth-order valence-corrected chi connectivity index (χ4v) is 2.45. The van der Waals surface area contributed by atoms with Crippen molar-refractivity contribution in [1.29, 1.82) is 0 Å². The minimum absolute atomic E-state index is 0.0102. The zero-order valence-corrected chi connectivity index (χ0v) is 14.1. The average Bonchev–Trinajstić information content (AvgIpc) is 2.52. The Kier molecular flexibility index (Phi) is 6.21. The second-order valence-corrected chi connectivity index (χ2v) is 6.16. The lowest BCUT2D eigenvalue weighted by Gasteiger charge is -2.20. The summed E-state index contributed by atoms with van der Waals surface area (Å²) in [4.78, 5) is 5.15. The van der Waals surface area contributed by atoms with Crippen LogP contribution in [0.3, 0.4) is 0 Å². The number of halogens is 2. The summed E-state index contributed by atoms with van der Waals surface area (Å²) in [6.07, 6.45) is 1.02. The van der Waals surface area contributed by atoms with Crippen LogP contribution in [-0.4, -0.2) is 23.8 Å². The maximum Gasteiger partial charge on any atom is 0.262 e. The van der Waals surface area contributed by atoms with Crippen LogP contribution in [0.4, 0.5) is 14.6 Å². The van der Waals surface area contributed by atoms with Crippen LogP contribution in [0.2, 0.25) is 0 Å². The molecule has 0 fully saturated rings. The molecule has 1 aromatic heterocycles. The summed E-state index contributed by atoms with van der Waals surface area (Å²) in [6.45, 7) is 3.79. The highest BCUT2D eigenvalue weighted by atomic mass is 32.2. The van der Waals surface area contributed by atoms with Crippen molar-refractivity contribution in [2.45, 2.75) is 37.3 Å². The highest BCUT2D eigenvalue weighted by Crippen LogP contribution is 2.28. The van der Waals surface area contributed by atoms with Crippen LogP contribution in [0.5, 0.6) is 5.75 Å². The number of nitrogens with zero attached hydrogens (tertiary/aromatic N) is 1. The van der Waals surface area contributed by atoms with E-state index in [9.17, 15) is 8.78 Å². The maximum atomic E-state index is 13.5. The number of thioether (sulfide) groups is 1. The van der Waals surface area contributed by atoms with Crippen molar-refractivity contribution in [2.75, 3.05) is 11.6 Å². The minimum atomic E-state index is -2.56. The molecule has 0 saturated heterocycles. The SMILES string of the molecule is CSc1ccc(N[C@H](c2cccc(OC(C)C)c2)C(F)F)nc1. The number of aromatic nitrogens is 1. The van der Waals surface area contributed by atoms with Gasteiger partial charge in [-0.3, -0.25) is 0 Å². The molecule has 0 aliphatic rings. The Labute approximate surface area is 139 Å². The van der Waals surface area contributed by atoms with E-state index in [4.69, 9.17) is 4.74 Å². The molecule has 0 unspecified atom stereocenters. The Morgan fingerprint density at radius 1 is 1.17 bits per heavy atom. The zero-order valence-electron chi connectivity index (χ0n) is 13.3. The number of hydrogen-bond donors (Lipinski definition) is 1. The molecular formula is C17H20F2N2OS. The molecule has 0 aliphatic carbocycles. The van der Waals surface area contributed by atoms with Gasteiger partial charge in [-0.15, -0.1) is 11.8 Å². The van der Waals surface area contributed by atoms with E-state index < -0.39 is 12.5 Å². The molecule has 0 radical (unpaired) electrons. The van der Waals surface area contributed by atoms with Crippen LogP contribution in [0.1, 0.15) is 25.5 Å². The van der Waals surface area contributed by atoms with Crippen molar-refractivity contribution >= 4 is 17.6 Å². The normalized spacial score (nSPS) is 12.5. The molecule has 0 bridgehead atoms. The van der Waals surface area contributed by atoms with Gasteiger partial charge in [-0.05, 0) is 49.9 Å². The number of nitrogens with one attached hydrogen (secondary N) is 1. The van der Waals surface area contributed by atoms with Gasteiger partial charge in [-0.1, -0.05) is 12.1 Å². The van der Waals surface area contributed by atoms with E-state index in [-0.39, 0.29) is 6.10 Å². The second kappa shape index (κ2) is 8.15. The Hall–Kier alpha value is -1.82. The number of hydrogen-bond acceptors (Lipinski definition) is 4. The lowest BCUT2D eigenvalue weighted by molar-refractivity contribution is 0.124. The van der Waals surface area contributed by atoms with Gasteiger partial charge in [0, 0.05) is 11.1 Å². The standard InChI is InChI=1S/C17H20F2N2OS/c1-11(2)22-13-6-4-5-12(9-13)16(17(18)19)21-15-8-7-14(23-3)10-20-15/h4-11,16-17H,1-3H3,(H,20,21)/t16-/m1/s1. The fraction of sp³-hybridized carbons (Fsp3) is 0.353. The van der Waals surface area contributed by atoms with E-state index in [0.717, 1.165) is 4.90 Å². The van der Waals surface area contributed by atoms with Crippen molar-refractivity contribution in [3.8, 4) is 5.75 Å². The molecule has 23 heavy (non-hydrogen) atoms. The maximum absolute atomic E-state index is 13.5. The number of anilines is 1. The summed E-state index contributed by atoms with van der Waals surface area (Å²) in [6, 6.07) is 9.19. The Bertz CT molecular complexity index is 620. The van der Waals surface area contributed by atoms with Gasteiger partial charge in [-0.25, -0.2) is 13.8 Å². The topological polar surface area (TPSA) is 34.1 Å². The lowest BCUT2D eigenvalue weighted by Crippen LogP contribution is -2.19. The van der Waals surface area contributed by atoms with Gasteiger partial charge in [0.15, 0.2) is 0 Å². The quantitative estimate of drug-likeness (QED) is 0.720. The Morgan fingerprint density at radius 2 is 1.96 bits per heavy atom. The lowest BCUT2D eigenvalue weighted by atomic mass is 10.1. The van der Waals surface area contributed by atoms with E-state index in [1.54, 1.807) is 48.3 Å². The van der Waals surface area contributed by atoms with Crippen molar-refractivity contribution in [3.63, 3.8) is 0 Å². The van der Waals surface area contributed by atoms with Gasteiger partial charge in [0.1, 0.15) is 17.6 Å². The monoisotopic (exact) mass is 338 g/mol. The predicted molar refractivity (Wildman–Crippen MR) is 90.6 cm³/mol. The van der Waals surface area contributed by atoms with E-state index >= 15 is 0 Å². The molecule has 1 heterocycles. The summed E-state index contributed by atoms with van der Waals surface area (Å²) in [5, 5.41) is 2.80. The third kappa shape index (κ3) is 5.10. The fourth-order valence-electron chi connectivity index (χ4n) is 2.09. The molecule has 1 N–H and O–H groups in total. The molecular weight excluding hydrogens is 318 g/mol. The van der Waals surface area contributed by atoms with E-state index in [1.165, 1.54) is 0 Å². The number of alkyl halides is 2. The molecule has 0 aliphatic heterocycles. The number of pyridine rings is 1. The zero-order chi connectivity index (χ0) is 16.8. The smallest absolute Gasteiger partial charge is 0.262 e. The first-order chi connectivity index (χ1) is 11.0. The molecule has 124 valence electrons. The van der Waals surface area contributed by atoms with Crippen LogP contribution in [0.15, 0.2) is 47.5 Å². The predicted octanol–water partition coefficient (Wildman–Crippen LogP) is 5.01. The Morgan fingerprint density at radius 3 is 2.52 bits per heavy atom. The summed E-state index contributed by atoms with van der Waals surface area (Å²) >= 11 is 1.55. The van der Waals surface area contributed by atoms with Crippen LogP contribution >= 0.6 is 11.8 Å². The van der Waals surface area contributed by atoms with Crippen LogP contribution < -0.4 is 10.1 Å². The molecule has 0 saturated carbocycles. The first-order valence-electron chi connectivity index (χ1n) is 7.31. The molecule has 2 aromatic rings. The Balaban J connectivity index is 2.20. The van der Waals surface area contributed by atoms with E-state index in [0.29, 0.717) is 17.1 Å². The van der Waals surface area contributed by atoms with Gasteiger partial charge in [-0.2, -0.15) is 0 Å². The third-order valence-electron chi connectivity index (χ3n) is 3.12. The average molecular weight is 338 g/mol. The first-order valence-corrected chi connectivity index (χ1v) is 8.53. The van der Waals surface area contributed by atoms with Gasteiger partial charge in [0.25, 0.3) is 6.43 Å². The molecule has 3 nitrogen and oxygen atoms in total. The van der Waals surface area contributed by atoms with Crippen LogP contribution in [0.25, 0.3) is 0 Å². The van der Waals surface area contributed by atoms with Crippen LogP contribution in [0, 0.1) is 0 Å². The summed E-state index contributed by atoms with van der Waals surface area (Å²) in [7, 11) is 0. The van der Waals surface area contributed by atoms with Crippen molar-refractivity contribution in [3.05, 3.63) is 48.2 Å². The molecule has 6 heteroatoms. The van der Waals surface area contributed by atoms with Crippen molar-refractivity contribution in [2.24, 2.45) is 0 Å². The molecule has 1 aromatic carbocycles. The van der Waals surface area contributed by atoms with Gasteiger partial charge >= 0.3 is 0 Å². The van der Waals surface area contributed by atoms with Crippen molar-refractivity contribution < 1.29 is 13.5 Å². The van der Waals surface area contributed by atoms with E-state index in [2.05, 4.69) is 10.3 Å². The summed E-state index contributed by atoms with van der Waals surface area (Å²) in [5.41, 5.74) is 0.467. The molecule has 1 atom stereocenters. The van der Waals surface area contributed by atoms with Gasteiger partial charge in [0.2, 0.25) is 0 Å². The summed E-state index contributed by atoms with van der Waals surface area (Å²) < 4.78 is 32.5. The largest absolute Gasteiger partial charge is 0.491 e. The second-order valence-electron chi connectivity index (χ2n) is 5.28. The highest BCUT2D eigenvalue weighted by Gasteiger charge is 2.23. The molecule has 2 rings (SSSR count). The number of ether oxygens (including phenoxy) is 1.